The number of carbonyl (C=O) groups is 1. The second-order valence-corrected chi connectivity index (χ2v) is 7.57. The minimum Gasteiger partial charge on any atom is -0.374 e. The first kappa shape index (κ1) is 21.2. The molecule has 1 atom stereocenters. The molecule has 0 fully saturated rings. The van der Waals surface area contributed by atoms with Crippen LogP contribution in [0.4, 0.5) is 11.4 Å². The molecule has 0 aromatic heterocycles. The zero-order valence-electron chi connectivity index (χ0n) is 16.3. The Labute approximate surface area is 175 Å². The van der Waals surface area contributed by atoms with E-state index in [1.807, 2.05) is 38.1 Å². The first-order chi connectivity index (χ1) is 12.9. The van der Waals surface area contributed by atoms with E-state index in [-0.39, 0.29) is 11.9 Å². The van der Waals surface area contributed by atoms with Crippen molar-refractivity contribution in [3.05, 3.63) is 57.2 Å². The van der Waals surface area contributed by atoms with E-state index in [0.29, 0.717) is 0 Å². The second kappa shape index (κ2) is 10.3. The van der Waals surface area contributed by atoms with Gasteiger partial charge >= 0.3 is 0 Å². The summed E-state index contributed by atoms with van der Waals surface area (Å²) in [4.78, 5) is 14.5. The molecule has 1 amide bonds. The van der Waals surface area contributed by atoms with E-state index in [4.69, 9.17) is 0 Å². The third-order valence-corrected chi connectivity index (χ3v) is 5.03. The predicted octanol–water partition coefficient (Wildman–Crippen LogP) is 4.40. The van der Waals surface area contributed by atoms with E-state index in [1.54, 1.807) is 6.21 Å². The molecule has 6 heteroatoms. The van der Waals surface area contributed by atoms with Crippen LogP contribution in [0, 0.1) is 10.5 Å². The molecule has 0 heterocycles. The van der Waals surface area contributed by atoms with Crippen molar-refractivity contribution in [1.29, 1.82) is 0 Å². The number of hydrogen-bond donors (Lipinski definition) is 2. The highest BCUT2D eigenvalue weighted by atomic mass is 127. The maximum atomic E-state index is 12.2. The third kappa shape index (κ3) is 6.23. The van der Waals surface area contributed by atoms with Crippen LogP contribution in [-0.4, -0.2) is 31.3 Å². The van der Waals surface area contributed by atoms with Gasteiger partial charge in [-0.2, -0.15) is 5.10 Å². The molecule has 0 bridgehead atoms. The van der Waals surface area contributed by atoms with Gasteiger partial charge in [0.05, 0.1) is 6.21 Å². The lowest BCUT2D eigenvalue weighted by Crippen LogP contribution is -2.35. The highest BCUT2D eigenvalue weighted by Gasteiger charge is 2.12. The van der Waals surface area contributed by atoms with Crippen molar-refractivity contribution >= 4 is 46.1 Å². The molecule has 2 N–H and O–H groups in total. The molecular weight excluding hydrogens is 451 g/mol. The van der Waals surface area contributed by atoms with Crippen molar-refractivity contribution in [2.75, 3.05) is 23.3 Å². The van der Waals surface area contributed by atoms with E-state index in [2.05, 4.69) is 75.4 Å². The molecule has 5 nitrogen and oxygen atoms in total. The topological polar surface area (TPSA) is 56.7 Å². The standard InChI is InChI=1S/C21H27IN4O/c1-5-26(6-2)19-10-7-17(8-11-19)14-23-25-21(27)16(4)24-20-12-9-18(22)13-15(20)3/h7-14,16,24H,5-6H2,1-4H3,(H,25,27)/b23-14+. The number of nitrogens with zero attached hydrogens (tertiary/aromatic N) is 2. The van der Waals surface area contributed by atoms with Crippen molar-refractivity contribution in [2.45, 2.75) is 33.7 Å². The first-order valence-corrected chi connectivity index (χ1v) is 10.2. The summed E-state index contributed by atoms with van der Waals surface area (Å²) < 4.78 is 1.17. The molecule has 0 saturated heterocycles. The first-order valence-electron chi connectivity index (χ1n) is 9.15. The number of hydrazone groups is 1. The smallest absolute Gasteiger partial charge is 0.262 e. The molecule has 2 aromatic carbocycles. The van der Waals surface area contributed by atoms with E-state index < -0.39 is 0 Å². The Kier molecular flexibility index (Phi) is 8.09. The quantitative estimate of drug-likeness (QED) is 0.336. The van der Waals surface area contributed by atoms with Crippen LogP contribution in [0.15, 0.2) is 47.6 Å². The maximum Gasteiger partial charge on any atom is 0.262 e. The van der Waals surface area contributed by atoms with Gasteiger partial charge in [-0.05, 0) is 91.7 Å². The summed E-state index contributed by atoms with van der Waals surface area (Å²) in [6, 6.07) is 13.8. The fourth-order valence-electron chi connectivity index (χ4n) is 2.72. The third-order valence-electron chi connectivity index (χ3n) is 4.36. The molecule has 27 heavy (non-hydrogen) atoms. The van der Waals surface area contributed by atoms with Gasteiger partial charge in [0, 0.05) is 28.0 Å². The lowest BCUT2D eigenvalue weighted by molar-refractivity contribution is -0.121. The van der Waals surface area contributed by atoms with E-state index >= 15 is 0 Å². The van der Waals surface area contributed by atoms with Crippen LogP contribution in [-0.2, 0) is 4.79 Å². The highest BCUT2D eigenvalue weighted by Crippen LogP contribution is 2.18. The van der Waals surface area contributed by atoms with Crippen LogP contribution in [0.25, 0.3) is 0 Å². The van der Waals surface area contributed by atoms with Crippen molar-refractivity contribution in [3.8, 4) is 0 Å². The summed E-state index contributed by atoms with van der Waals surface area (Å²) in [5.74, 6) is -0.177. The second-order valence-electron chi connectivity index (χ2n) is 6.32. The van der Waals surface area contributed by atoms with Crippen molar-refractivity contribution in [1.82, 2.24) is 5.43 Å². The van der Waals surface area contributed by atoms with E-state index in [9.17, 15) is 4.79 Å². The van der Waals surface area contributed by atoms with Crippen molar-refractivity contribution in [2.24, 2.45) is 5.10 Å². The molecule has 0 aliphatic rings. The Balaban J connectivity index is 1.90. The molecule has 0 saturated carbocycles. The average Bonchev–Trinajstić information content (AvgIpc) is 2.66. The van der Waals surface area contributed by atoms with Crippen molar-refractivity contribution < 1.29 is 4.79 Å². The minimum absolute atomic E-state index is 0.177. The normalized spacial score (nSPS) is 12.0. The Morgan fingerprint density at radius 1 is 1.19 bits per heavy atom. The predicted molar refractivity (Wildman–Crippen MR) is 123 cm³/mol. The molecule has 144 valence electrons. The summed E-state index contributed by atoms with van der Waals surface area (Å²) in [6.45, 7) is 10.1. The molecule has 2 rings (SSSR count). The number of benzene rings is 2. The van der Waals surface area contributed by atoms with Crippen LogP contribution in [0.1, 0.15) is 31.9 Å². The summed E-state index contributed by atoms with van der Waals surface area (Å²) in [7, 11) is 0. The summed E-state index contributed by atoms with van der Waals surface area (Å²) in [5, 5.41) is 7.30. The number of nitrogens with one attached hydrogen (secondary N) is 2. The average molecular weight is 478 g/mol. The number of rotatable bonds is 8. The lowest BCUT2D eigenvalue weighted by Gasteiger charge is -2.20. The van der Waals surface area contributed by atoms with Gasteiger partial charge in [-0.1, -0.05) is 12.1 Å². The monoisotopic (exact) mass is 478 g/mol. The van der Waals surface area contributed by atoms with Gasteiger partial charge in [0.15, 0.2) is 0 Å². The van der Waals surface area contributed by atoms with Crippen molar-refractivity contribution in [3.63, 3.8) is 0 Å². The summed E-state index contributed by atoms with van der Waals surface area (Å²) in [5.41, 5.74) is 6.79. The van der Waals surface area contributed by atoms with E-state index in [0.717, 1.165) is 29.9 Å². The number of hydrogen-bond acceptors (Lipinski definition) is 4. The van der Waals surface area contributed by atoms with Gasteiger partial charge in [0.25, 0.3) is 5.91 Å². The van der Waals surface area contributed by atoms with Gasteiger partial charge in [0.1, 0.15) is 6.04 Å². The highest BCUT2D eigenvalue weighted by molar-refractivity contribution is 14.1. The molecule has 1 unspecified atom stereocenters. The molecule has 2 aromatic rings. The molecule has 0 aliphatic heterocycles. The number of halogens is 1. The van der Waals surface area contributed by atoms with Crippen LogP contribution in [0.3, 0.4) is 0 Å². The zero-order chi connectivity index (χ0) is 19.8. The SMILES string of the molecule is CCN(CC)c1ccc(/C=N/NC(=O)C(C)Nc2ccc(I)cc2C)cc1. The van der Waals surface area contributed by atoms with E-state index in [1.165, 1.54) is 9.26 Å². The number of aryl methyl sites for hydroxylation is 1. The summed E-state index contributed by atoms with van der Waals surface area (Å²) in [6.07, 6.45) is 1.66. The largest absolute Gasteiger partial charge is 0.374 e. The lowest BCUT2D eigenvalue weighted by atomic mass is 10.2. The zero-order valence-corrected chi connectivity index (χ0v) is 18.4. The minimum atomic E-state index is -0.383. The Morgan fingerprint density at radius 2 is 1.85 bits per heavy atom. The van der Waals surface area contributed by atoms with Gasteiger partial charge < -0.3 is 10.2 Å². The van der Waals surface area contributed by atoms with Crippen LogP contribution in [0.2, 0.25) is 0 Å². The fraction of sp³-hybridized carbons (Fsp3) is 0.333. The number of amides is 1. The molecular formula is C21H27IN4O. The maximum absolute atomic E-state index is 12.2. The molecule has 0 aliphatic carbocycles. The van der Waals surface area contributed by atoms with Gasteiger partial charge in [-0.25, -0.2) is 5.43 Å². The van der Waals surface area contributed by atoms with Gasteiger partial charge in [-0.15, -0.1) is 0 Å². The Morgan fingerprint density at radius 3 is 2.44 bits per heavy atom. The Bertz CT molecular complexity index is 785. The number of carbonyl (C=O) groups excluding carboxylic acids is 1. The fourth-order valence-corrected chi connectivity index (χ4v) is 3.36. The molecule has 0 radical (unpaired) electrons. The van der Waals surface area contributed by atoms with Crippen LogP contribution >= 0.6 is 22.6 Å². The van der Waals surface area contributed by atoms with Gasteiger partial charge in [0.2, 0.25) is 0 Å². The molecule has 0 spiro atoms. The number of anilines is 2. The van der Waals surface area contributed by atoms with Crippen LogP contribution < -0.4 is 15.6 Å². The van der Waals surface area contributed by atoms with Crippen LogP contribution in [0.5, 0.6) is 0 Å². The summed E-state index contributed by atoms with van der Waals surface area (Å²) >= 11 is 2.27. The Hall–Kier alpha value is -2.09. The van der Waals surface area contributed by atoms with Gasteiger partial charge in [-0.3, -0.25) is 4.79 Å².